The van der Waals surface area contributed by atoms with E-state index in [1.54, 1.807) is 0 Å². The highest BCUT2D eigenvalue weighted by molar-refractivity contribution is 8.01. The van der Waals surface area contributed by atoms with Gasteiger partial charge in [-0.05, 0) is 60.8 Å². The number of thioether (sulfide) groups is 2. The first-order chi connectivity index (χ1) is 22.8. The number of hydrogen-bond acceptors (Lipinski definition) is 4. The molecule has 0 aromatic carbocycles. The Morgan fingerprint density at radius 1 is 0.391 bits per heavy atom. The van der Waals surface area contributed by atoms with E-state index in [0.717, 1.165) is 0 Å². The van der Waals surface area contributed by atoms with Crippen LogP contribution in [-0.2, 0) is 0 Å². The smallest absolute Gasteiger partial charge is 0.0604 e. The molecule has 0 aliphatic rings. The van der Waals surface area contributed by atoms with Crippen LogP contribution in [0.25, 0.3) is 12.2 Å². The van der Waals surface area contributed by atoms with Crippen LogP contribution in [0.15, 0.2) is 106 Å². The van der Waals surface area contributed by atoms with E-state index in [-0.39, 0.29) is 0 Å². The maximum Gasteiger partial charge on any atom is 0.0604 e. The molecule has 0 fully saturated rings. The standard InChI is InChI=1S/C42H60S4/c1-3-5-7-9-11-21-25-29-37-43-41-35-33-39(45-41)31-27-23-19-17-15-13-14-16-18-20-24-28-32-40-34-36-42(46-40)44-38-30-26-22-12-10-8-6-4-2/h13-20,23-24,27-28,31-36H,3-12,21-22,25-26,29-30,37-38H2,1-2H3/b14-13+,17-15+,18-16+,23-19+,24-20+,31-27+,32-28+. The van der Waals surface area contributed by atoms with Crippen molar-refractivity contribution >= 4 is 58.3 Å². The zero-order chi connectivity index (χ0) is 32.6. The summed E-state index contributed by atoms with van der Waals surface area (Å²) < 4.78 is 2.87. The van der Waals surface area contributed by atoms with Crippen molar-refractivity contribution in [1.29, 1.82) is 0 Å². The maximum absolute atomic E-state index is 2.29. The largest absolute Gasteiger partial charge is 0.129 e. The van der Waals surface area contributed by atoms with Crippen molar-refractivity contribution in [3.05, 3.63) is 107 Å². The first kappa shape index (κ1) is 40.5. The highest BCUT2D eigenvalue weighted by Crippen LogP contribution is 2.30. The fourth-order valence-corrected chi connectivity index (χ4v) is 9.04. The summed E-state index contributed by atoms with van der Waals surface area (Å²) in [6.07, 6.45) is 51.6. The first-order valence-corrected chi connectivity index (χ1v) is 21.6. The number of allylic oxidation sites excluding steroid dienone is 12. The van der Waals surface area contributed by atoms with Crippen LogP contribution < -0.4 is 0 Å². The van der Waals surface area contributed by atoms with Crippen LogP contribution in [0.5, 0.6) is 0 Å². The number of rotatable bonds is 28. The molecule has 0 aliphatic carbocycles. The van der Waals surface area contributed by atoms with E-state index in [2.05, 4.69) is 123 Å². The van der Waals surface area contributed by atoms with Gasteiger partial charge in [0.05, 0.1) is 8.42 Å². The van der Waals surface area contributed by atoms with Crippen molar-refractivity contribution in [3.8, 4) is 0 Å². The minimum atomic E-state index is 1.24. The SMILES string of the molecule is CCCCCCCCCCSc1ccc(/C=C/C=C/C=C/C=C/C=C/C=C/C=C/c2ccc(SCCCCCCCCCC)s2)s1. The summed E-state index contributed by atoms with van der Waals surface area (Å²) in [5, 5.41) is 0. The summed E-state index contributed by atoms with van der Waals surface area (Å²) in [4.78, 5) is 2.65. The Balaban J connectivity index is 1.50. The fourth-order valence-electron chi connectivity index (χ4n) is 4.76. The molecule has 0 atom stereocenters. The molecule has 2 heterocycles. The van der Waals surface area contributed by atoms with E-state index in [9.17, 15) is 0 Å². The van der Waals surface area contributed by atoms with Gasteiger partial charge in [-0.3, -0.25) is 0 Å². The van der Waals surface area contributed by atoms with Gasteiger partial charge in [0, 0.05) is 9.75 Å². The van der Waals surface area contributed by atoms with Gasteiger partial charge in [-0.2, -0.15) is 0 Å². The zero-order valence-corrected chi connectivity index (χ0v) is 32.0. The van der Waals surface area contributed by atoms with Crippen molar-refractivity contribution < 1.29 is 0 Å². The van der Waals surface area contributed by atoms with E-state index >= 15 is 0 Å². The van der Waals surface area contributed by atoms with Gasteiger partial charge in [0.2, 0.25) is 0 Å². The van der Waals surface area contributed by atoms with Gasteiger partial charge < -0.3 is 0 Å². The molecule has 4 heteroatoms. The molecular weight excluding hydrogens is 633 g/mol. The molecule has 0 spiro atoms. The van der Waals surface area contributed by atoms with Crippen molar-refractivity contribution in [2.75, 3.05) is 11.5 Å². The molecule has 0 unspecified atom stereocenters. The Labute approximate surface area is 300 Å². The molecule has 252 valence electrons. The molecule has 2 aromatic heterocycles. The lowest BCUT2D eigenvalue weighted by Gasteiger charge is -2.01. The second-order valence-electron chi connectivity index (χ2n) is 11.6. The van der Waals surface area contributed by atoms with E-state index in [0.29, 0.717) is 0 Å². The number of hydrogen-bond donors (Lipinski definition) is 0. The highest BCUT2D eigenvalue weighted by atomic mass is 32.2. The normalized spacial score (nSPS) is 12.8. The van der Waals surface area contributed by atoms with Gasteiger partial charge in [-0.25, -0.2) is 0 Å². The lowest BCUT2D eigenvalue weighted by molar-refractivity contribution is 0.586. The maximum atomic E-state index is 2.29. The monoisotopic (exact) mass is 692 g/mol. The third-order valence-electron chi connectivity index (χ3n) is 7.43. The summed E-state index contributed by atoms with van der Waals surface area (Å²) in [7, 11) is 0. The van der Waals surface area contributed by atoms with Crippen molar-refractivity contribution in [2.24, 2.45) is 0 Å². The van der Waals surface area contributed by atoms with E-state index in [1.807, 2.05) is 46.2 Å². The van der Waals surface area contributed by atoms with Crippen LogP contribution in [0, 0.1) is 0 Å². The third-order valence-corrected chi connectivity index (χ3v) is 12.2. The van der Waals surface area contributed by atoms with Gasteiger partial charge >= 0.3 is 0 Å². The minimum absolute atomic E-state index is 1.24. The minimum Gasteiger partial charge on any atom is -0.129 e. The van der Waals surface area contributed by atoms with E-state index in [4.69, 9.17) is 0 Å². The molecule has 0 amide bonds. The van der Waals surface area contributed by atoms with Gasteiger partial charge in [0.1, 0.15) is 0 Å². The molecule has 0 saturated carbocycles. The van der Waals surface area contributed by atoms with Crippen LogP contribution in [0.2, 0.25) is 0 Å². The third kappa shape index (κ3) is 23.6. The lowest BCUT2D eigenvalue weighted by atomic mass is 10.1. The zero-order valence-electron chi connectivity index (χ0n) is 28.8. The van der Waals surface area contributed by atoms with Crippen molar-refractivity contribution in [3.63, 3.8) is 0 Å². The van der Waals surface area contributed by atoms with Crippen molar-refractivity contribution in [1.82, 2.24) is 0 Å². The Kier molecular flexibility index (Phi) is 26.9. The summed E-state index contributed by atoms with van der Waals surface area (Å²) in [5.41, 5.74) is 0. The molecule has 2 aromatic rings. The predicted molar refractivity (Wildman–Crippen MR) is 219 cm³/mol. The molecule has 2 rings (SSSR count). The molecule has 0 N–H and O–H groups in total. The summed E-state index contributed by atoms with van der Waals surface area (Å²) in [6, 6.07) is 9.00. The number of unbranched alkanes of at least 4 members (excludes halogenated alkanes) is 14. The average molecular weight is 693 g/mol. The molecule has 0 saturated heterocycles. The predicted octanol–water partition coefficient (Wildman–Crippen LogP) is 15.8. The molecule has 0 radical (unpaired) electrons. The summed E-state index contributed by atoms with van der Waals surface area (Å²) in [6.45, 7) is 4.57. The number of thiophene rings is 2. The molecular formula is C42H60S4. The van der Waals surface area contributed by atoms with E-state index in [1.165, 1.54) is 132 Å². The highest BCUT2D eigenvalue weighted by Gasteiger charge is 2.00. The van der Waals surface area contributed by atoms with Gasteiger partial charge in [-0.15, -0.1) is 46.2 Å². The molecule has 0 bridgehead atoms. The second kappa shape index (κ2) is 30.6. The quantitative estimate of drug-likeness (QED) is 0.0494. The topological polar surface area (TPSA) is 0 Å². The molecule has 0 nitrogen and oxygen atoms in total. The summed E-state index contributed by atoms with van der Waals surface area (Å²) in [5.74, 6) is 2.49. The average Bonchev–Trinajstić information content (AvgIpc) is 3.72. The van der Waals surface area contributed by atoms with Crippen LogP contribution >= 0.6 is 46.2 Å². The Morgan fingerprint density at radius 3 is 1.04 bits per heavy atom. The van der Waals surface area contributed by atoms with Crippen LogP contribution in [0.3, 0.4) is 0 Å². The molecule has 46 heavy (non-hydrogen) atoms. The lowest BCUT2D eigenvalue weighted by Crippen LogP contribution is -1.82. The Morgan fingerprint density at radius 2 is 0.696 bits per heavy atom. The van der Waals surface area contributed by atoms with E-state index < -0.39 is 0 Å². The van der Waals surface area contributed by atoms with Crippen LogP contribution in [0.1, 0.15) is 126 Å². The van der Waals surface area contributed by atoms with Crippen LogP contribution in [0.4, 0.5) is 0 Å². The van der Waals surface area contributed by atoms with Gasteiger partial charge in [-0.1, -0.05) is 177 Å². The van der Waals surface area contributed by atoms with Gasteiger partial charge in [0.25, 0.3) is 0 Å². The Bertz CT molecular complexity index is 1090. The van der Waals surface area contributed by atoms with Crippen LogP contribution in [-0.4, -0.2) is 11.5 Å². The molecule has 0 aliphatic heterocycles. The fraction of sp³-hybridized carbons (Fsp3) is 0.476. The van der Waals surface area contributed by atoms with Gasteiger partial charge in [0.15, 0.2) is 0 Å². The Hall–Kier alpha value is -1.72. The second-order valence-corrected chi connectivity index (χ2v) is 16.6. The van der Waals surface area contributed by atoms with Crippen molar-refractivity contribution in [2.45, 2.75) is 125 Å². The first-order valence-electron chi connectivity index (χ1n) is 17.9. The summed E-state index contributed by atoms with van der Waals surface area (Å²) >= 11 is 7.82.